The minimum atomic E-state index is -0.0689. The van der Waals surface area contributed by atoms with Gasteiger partial charge in [-0.2, -0.15) is 5.10 Å². The van der Waals surface area contributed by atoms with Gasteiger partial charge in [0.15, 0.2) is 0 Å². The maximum absolute atomic E-state index is 12.7. The second-order valence-corrected chi connectivity index (χ2v) is 11.3. The molecule has 2 aliphatic heterocycles. The molecular formula is C34H35N7O. The Morgan fingerprint density at radius 3 is 2.45 bits per heavy atom. The van der Waals surface area contributed by atoms with E-state index in [1.807, 2.05) is 41.2 Å². The van der Waals surface area contributed by atoms with Gasteiger partial charge in [-0.15, -0.1) is 0 Å². The lowest BCUT2D eigenvalue weighted by atomic mass is 9.93. The van der Waals surface area contributed by atoms with Gasteiger partial charge in [-0.1, -0.05) is 30.8 Å². The van der Waals surface area contributed by atoms with E-state index in [4.69, 9.17) is 4.98 Å². The number of pyridine rings is 1. The summed E-state index contributed by atoms with van der Waals surface area (Å²) in [5, 5.41) is 5.52. The number of carbonyl (C=O) groups is 1. The number of likely N-dealkylation sites (N-methyl/N-ethyl adjacent to an activating group) is 1. The Morgan fingerprint density at radius 2 is 1.74 bits per heavy atom. The number of aryl methyl sites for hydroxylation is 1. The van der Waals surface area contributed by atoms with Crippen molar-refractivity contribution in [1.82, 2.24) is 24.6 Å². The van der Waals surface area contributed by atoms with Gasteiger partial charge in [-0.05, 0) is 67.4 Å². The molecule has 5 aromatic rings. The smallest absolute Gasteiger partial charge is 0.250 e. The van der Waals surface area contributed by atoms with Gasteiger partial charge in [-0.25, -0.2) is 4.98 Å². The zero-order valence-electron chi connectivity index (χ0n) is 24.4. The van der Waals surface area contributed by atoms with Crippen molar-refractivity contribution in [2.24, 2.45) is 7.05 Å². The molecular weight excluding hydrogens is 522 g/mol. The van der Waals surface area contributed by atoms with Crippen molar-refractivity contribution >= 4 is 28.3 Å². The van der Waals surface area contributed by atoms with Crippen molar-refractivity contribution in [3.8, 4) is 33.5 Å². The average Bonchev–Trinajstić information content (AvgIpc) is 3.72. The minimum absolute atomic E-state index is 0.0689. The van der Waals surface area contributed by atoms with Crippen molar-refractivity contribution in [3.63, 3.8) is 0 Å². The van der Waals surface area contributed by atoms with Crippen LogP contribution in [0.5, 0.6) is 0 Å². The third-order valence-electron chi connectivity index (χ3n) is 8.96. The molecule has 8 nitrogen and oxygen atoms in total. The maximum atomic E-state index is 12.7. The van der Waals surface area contributed by atoms with Crippen molar-refractivity contribution in [3.05, 3.63) is 84.8 Å². The van der Waals surface area contributed by atoms with E-state index in [2.05, 4.69) is 76.8 Å². The normalized spacial score (nSPS) is 15.4. The van der Waals surface area contributed by atoms with E-state index in [0.717, 1.165) is 88.5 Å². The summed E-state index contributed by atoms with van der Waals surface area (Å²) >= 11 is 0. The molecule has 212 valence electrons. The molecule has 0 aliphatic carbocycles. The standard InChI is InChI=1S/C34H35N7O/c1-5-31(42)41-14-13-26-27(7-6-8-30(26)41)32-28-19-24(29-21-36-39(4)22(29)2)20-35-34(28)37-33(32)23-9-11-25(12-10-23)40-17-15-38(3)16-18-40/h5-12,19-21H,1,13-18H2,2-4H3,(H,35,37). The quantitative estimate of drug-likeness (QED) is 0.292. The molecule has 1 amide bonds. The fraction of sp³-hybridized carbons (Fsp3) is 0.265. The van der Waals surface area contributed by atoms with E-state index in [9.17, 15) is 4.79 Å². The molecule has 0 spiro atoms. The topological polar surface area (TPSA) is 73.3 Å². The predicted octanol–water partition coefficient (Wildman–Crippen LogP) is 5.43. The monoisotopic (exact) mass is 557 g/mol. The highest BCUT2D eigenvalue weighted by molar-refractivity contribution is 6.08. The fourth-order valence-corrected chi connectivity index (χ4v) is 6.41. The molecule has 2 aromatic carbocycles. The Labute approximate surface area is 245 Å². The van der Waals surface area contributed by atoms with E-state index in [1.54, 1.807) is 0 Å². The zero-order chi connectivity index (χ0) is 29.0. The summed E-state index contributed by atoms with van der Waals surface area (Å²) in [6, 6.07) is 17.4. The highest BCUT2D eigenvalue weighted by atomic mass is 16.2. The summed E-state index contributed by atoms with van der Waals surface area (Å²) in [6.45, 7) is 10.7. The van der Waals surface area contributed by atoms with Crippen molar-refractivity contribution in [2.45, 2.75) is 13.3 Å². The highest BCUT2D eigenvalue weighted by Crippen LogP contribution is 2.44. The van der Waals surface area contributed by atoms with Crippen molar-refractivity contribution in [1.29, 1.82) is 0 Å². The number of aromatic nitrogens is 4. The van der Waals surface area contributed by atoms with Crippen LogP contribution < -0.4 is 9.80 Å². The first-order valence-corrected chi connectivity index (χ1v) is 14.5. The summed E-state index contributed by atoms with van der Waals surface area (Å²) in [4.78, 5) is 27.9. The first-order valence-electron chi connectivity index (χ1n) is 14.5. The van der Waals surface area contributed by atoms with Crippen LogP contribution in [-0.4, -0.2) is 70.3 Å². The molecule has 0 bridgehead atoms. The van der Waals surface area contributed by atoms with Gasteiger partial charge in [0.2, 0.25) is 5.91 Å². The van der Waals surface area contributed by atoms with Gasteiger partial charge in [0.25, 0.3) is 0 Å². The largest absolute Gasteiger partial charge is 0.369 e. The van der Waals surface area contributed by atoms with Gasteiger partial charge in [0, 0.05) is 85.1 Å². The van der Waals surface area contributed by atoms with Gasteiger partial charge >= 0.3 is 0 Å². The lowest BCUT2D eigenvalue weighted by Gasteiger charge is -2.34. The van der Waals surface area contributed by atoms with Crippen LogP contribution in [0.15, 0.2) is 73.6 Å². The number of nitrogens with one attached hydrogen (secondary N) is 1. The molecule has 0 unspecified atom stereocenters. The number of hydrogen-bond acceptors (Lipinski definition) is 5. The van der Waals surface area contributed by atoms with Gasteiger partial charge in [-0.3, -0.25) is 9.48 Å². The first-order chi connectivity index (χ1) is 20.4. The molecule has 0 atom stereocenters. The van der Waals surface area contributed by atoms with E-state index < -0.39 is 0 Å². The number of amides is 1. The number of rotatable bonds is 5. The number of nitrogens with zero attached hydrogens (tertiary/aromatic N) is 6. The van der Waals surface area contributed by atoms with Crippen LogP contribution >= 0.6 is 0 Å². The summed E-state index contributed by atoms with van der Waals surface area (Å²) < 4.78 is 1.89. The van der Waals surface area contributed by atoms with Crippen LogP contribution in [-0.2, 0) is 18.3 Å². The lowest BCUT2D eigenvalue weighted by molar-refractivity contribution is -0.114. The Morgan fingerprint density at radius 1 is 0.952 bits per heavy atom. The molecule has 42 heavy (non-hydrogen) atoms. The number of benzene rings is 2. The number of hydrogen-bond donors (Lipinski definition) is 1. The molecule has 3 aromatic heterocycles. The van der Waals surface area contributed by atoms with E-state index >= 15 is 0 Å². The fourth-order valence-electron chi connectivity index (χ4n) is 6.41. The number of aromatic amines is 1. The Kier molecular flexibility index (Phi) is 6.43. The minimum Gasteiger partial charge on any atom is -0.369 e. The lowest BCUT2D eigenvalue weighted by Crippen LogP contribution is -2.44. The highest BCUT2D eigenvalue weighted by Gasteiger charge is 2.28. The van der Waals surface area contributed by atoms with Crippen LogP contribution in [0.3, 0.4) is 0 Å². The molecule has 1 N–H and O–H groups in total. The average molecular weight is 558 g/mol. The summed E-state index contributed by atoms with van der Waals surface area (Å²) in [5.74, 6) is -0.0689. The number of fused-ring (bicyclic) bond motifs is 2. The van der Waals surface area contributed by atoms with Crippen LogP contribution in [0.4, 0.5) is 11.4 Å². The SMILES string of the molecule is C=CC(=O)N1CCc2c(-c3c(-c4ccc(N5CCN(C)CC5)cc4)[nH]c4ncc(-c5cnn(C)c5C)cc34)cccc21. The molecule has 0 radical (unpaired) electrons. The molecule has 0 saturated carbocycles. The third-order valence-corrected chi connectivity index (χ3v) is 8.96. The molecule has 1 fully saturated rings. The molecule has 5 heterocycles. The molecule has 7 rings (SSSR count). The number of carbonyl (C=O) groups excluding carboxylic acids is 1. The van der Waals surface area contributed by atoms with E-state index in [-0.39, 0.29) is 5.91 Å². The Balaban J connectivity index is 1.40. The molecule has 2 aliphatic rings. The summed E-state index contributed by atoms with van der Waals surface area (Å²) in [5.41, 5.74) is 11.8. The second kappa shape index (κ2) is 10.3. The van der Waals surface area contributed by atoms with Crippen LogP contribution in [0, 0.1) is 6.92 Å². The maximum Gasteiger partial charge on any atom is 0.250 e. The first kappa shape index (κ1) is 26.2. The number of piperazine rings is 1. The summed E-state index contributed by atoms with van der Waals surface area (Å²) in [7, 11) is 4.14. The van der Waals surface area contributed by atoms with Gasteiger partial charge < -0.3 is 19.7 Å². The van der Waals surface area contributed by atoms with Crippen molar-refractivity contribution < 1.29 is 4.79 Å². The van der Waals surface area contributed by atoms with Gasteiger partial charge in [0.1, 0.15) is 5.65 Å². The van der Waals surface area contributed by atoms with E-state index in [1.165, 1.54) is 17.3 Å². The Hall–Kier alpha value is -4.69. The van der Waals surface area contributed by atoms with Crippen LogP contribution in [0.2, 0.25) is 0 Å². The summed E-state index contributed by atoms with van der Waals surface area (Å²) in [6.07, 6.45) is 6.01. The van der Waals surface area contributed by atoms with E-state index in [0.29, 0.717) is 6.54 Å². The molecule has 1 saturated heterocycles. The van der Waals surface area contributed by atoms with Crippen molar-refractivity contribution in [2.75, 3.05) is 49.6 Å². The molecule has 8 heteroatoms. The second-order valence-electron chi connectivity index (χ2n) is 11.3. The number of anilines is 2. The number of H-pyrrole nitrogens is 1. The van der Waals surface area contributed by atoms with Crippen LogP contribution in [0.25, 0.3) is 44.5 Å². The Bertz CT molecular complexity index is 1820. The third kappa shape index (κ3) is 4.30. The van der Waals surface area contributed by atoms with Crippen LogP contribution in [0.1, 0.15) is 11.3 Å². The predicted molar refractivity (Wildman–Crippen MR) is 170 cm³/mol. The zero-order valence-corrected chi connectivity index (χ0v) is 24.4. The van der Waals surface area contributed by atoms with Gasteiger partial charge in [0.05, 0.1) is 11.9 Å².